The predicted molar refractivity (Wildman–Crippen MR) is 139 cm³/mol. The first-order chi connectivity index (χ1) is 17.6. The number of rotatable bonds is 9. The minimum Gasteiger partial charge on any atom is -0.493 e. The largest absolute Gasteiger partial charge is 0.493 e. The van der Waals surface area contributed by atoms with Crippen molar-refractivity contribution in [3.63, 3.8) is 0 Å². The quantitative estimate of drug-likeness (QED) is 0.147. The molecule has 0 radical (unpaired) electrons. The van der Waals surface area contributed by atoms with Gasteiger partial charge in [-0.3, -0.25) is 0 Å². The molecule has 0 fully saturated rings. The first-order valence-corrected chi connectivity index (χ1v) is 11.7. The van der Waals surface area contributed by atoms with Gasteiger partial charge in [0.15, 0.2) is 11.5 Å². The van der Waals surface area contributed by atoms with Crippen LogP contribution >= 0.6 is 0 Å². The van der Waals surface area contributed by atoms with E-state index in [9.17, 15) is 9.18 Å². The zero-order valence-corrected chi connectivity index (χ0v) is 20.2. The van der Waals surface area contributed by atoms with Gasteiger partial charge in [-0.2, -0.15) is 0 Å². The summed E-state index contributed by atoms with van der Waals surface area (Å²) in [5.74, 6) is 0.254. The fraction of sp³-hybridized carbons (Fsp3) is 0.129. The zero-order chi connectivity index (χ0) is 25.3. The van der Waals surface area contributed by atoms with E-state index < -0.39 is 5.97 Å². The molecule has 0 aliphatic heterocycles. The molecule has 0 aliphatic carbocycles. The number of esters is 1. The molecule has 0 amide bonds. The maximum absolute atomic E-state index is 13.8. The van der Waals surface area contributed by atoms with Crippen LogP contribution in [0.2, 0.25) is 0 Å². The van der Waals surface area contributed by atoms with E-state index in [0.29, 0.717) is 45.9 Å². The van der Waals surface area contributed by atoms with Gasteiger partial charge in [0.2, 0.25) is 0 Å². The first-order valence-electron chi connectivity index (χ1n) is 11.7. The van der Waals surface area contributed by atoms with E-state index in [0.717, 1.165) is 5.56 Å². The second-order valence-electron chi connectivity index (χ2n) is 7.98. The molecule has 0 saturated heterocycles. The minimum absolute atomic E-state index is 0.224. The molecule has 4 aromatic rings. The second-order valence-corrected chi connectivity index (χ2v) is 7.98. The van der Waals surface area contributed by atoms with Crippen molar-refractivity contribution in [1.29, 1.82) is 0 Å². The molecular formula is C31H27FO4. The van der Waals surface area contributed by atoms with Crippen molar-refractivity contribution in [1.82, 2.24) is 0 Å². The number of carbonyl (C=O) groups excluding carboxylic acids is 1. The average molecular weight is 483 g/mol. The van der Waals surface area contributed by atoms with E-state index in [-0.39, 0.29) is 12.4 Å². The van der Waals surface area contributed by atoms with Gasteiger partial charge in [-0.15, -0.1) is 0 Å². The number of ether oxygens (including phenoxy) is 3. The van der Waals surface area contributed by atoms with Gasteiger partial charge in [-0.1, -0.05) is 78.9 Å². The third kappa shape index (κ3) is 5.81. The number of carbonyl (C=O) groups is 1. The van der Waals surface area contributed by atoms with Crippen LogP contribution < -0.4 is 9.47 Å². The van der Waals surface area contributed by atoms with Crippen LogP contribution in [0.4, 0.5) is 4.39 Å². The third-order valence-corrected chi connectivity index (χ3v) is 5.61. The van der Waals surface area contributed by atoms with Gasteiger partial charge in [0, 0.05) is 5.57 Å². The minimum atomic E-state index is -0.466. The molecule has 4 rings (SSSR count). The molecule has 0 aliphatic rings. The van der Waals surface area contributed by atoms with Crippen molar-refractivity contribution in [2.24, 2.45) is 0 Å². The van der Waals surface area contributed by atoms with Crippen LogP contribution in [-0.4, -0.2) is 19.7 Å². The molecule has 0 spiro atoms. The van der Waals surface area contributed by atoms with Crippen molar-refractivity contribution < 1.29 is 23.4 Å². The molecule has 4 nitrogen and oxygen atoms in total. The lowest BCUT2D eigenvalue weighted by Gasteiger charge is -2.18. The van der Waals surface area contributed by atoms with Crippen molar-refractivity contribution in [2.75, 3.05) is 13.7 Å². The zero-order valence-electron chi connectivity index (χ0n) is 20.2. The fourth-order valence-electron chi connectivity index (χ4n) is 3.92. The van der Waals surface area contributed by atoms with E-state index in [4.69, 9.17) is 14.2 Å². The SMILES string of the molecule is CCOC(=O)/C(=C(\c1ccc(F)cc1)c1ccc(OCc2ccccc2)c(OC)c1)c1ccccc1. The van der Waals surface area contributed by atoms with E-state index in [1.54, 1.807) is 26.2 Å². The standard InChI is InChI=1S/C31H27FO4/c1-3-35-31(33)30(23-12-8-5-9-13-23)29(24-14-17-26(32)18-15-24)25-16-19-27(28(20-25)34-2)36-21-22-10-6-4-7-11-22/h4-20H,3,21H2,1-2H3/b30-29+. The smallest absolute Gasteiger partial charge is 0.339 e. The first kappa shape index (κ1) is 24.7. The number of benzene rings is 4. The van der Waals surface area contributed by atoms with Crippen molar-refractivity contribution in [2.45, 2.75) is 13.5 Å². The van der Waals surface area contributed by atoms with Crippen LogP contribution in [-0.2, 0) is 16.1 Å². The molecule has 182 valence electrons. The van der Waals surface area contributed by atoms with Crippen LogP contribution in [0, 0.1) is 5.82 Å². The van der Waals surface area contributed by atoms with Gasteiger partial charge in [0.25, 0.3) is 0 Å². The van der Waals surface area contributed by atoms with Crippen LogP contribution in [0.5, 0.6) is 11.5 Å². The summed E-state index contributed by atoms with van der Waals surface area (Å²) in [4.78, 5) is 13.3. The van der Waals surface area contributed by atoms with Gasteiger partial charge < -0.3 is 14.2 Å². The third-order valence-electron chi connectivity index (χ3n) is 5.61. The van der Waals surface area contributed by atoms with Crippen molar-refractivity contribution in [3.05, 3.63) is 131 Å². The highest BCUT2D eigenvalue weighted by molar-refractivity contribution is 6.26. The molecular weight excluding hydrogens is 455 g/mol. The maximum Gasteiger partial charge on any atom is 0.339 e. The molecule has 0 unspecified atom stereocenters. The number of halogens is 1. The Bertz CT molecular complexity index is 1330. The van der Waals surface area contributed by atoms with Crippen LogP contribution in [0.1, 0.15) is 29.2 Å². The van der Waals surface area contributed by atoms with E-state index in [1.807, 2.05) is 78.9 Å². The van der Waals surface area contributed by atoms with Gasteiger partial charge in [0.1, 0.15) is 12.4 Å². The van der Waals surface area contributed by atoms with Gasteiger partial charge >= 0.3 is 5.97 Å². The lowest BCUT2D eigenvalue weighted by Crippen LogP contribution is -2.10. The number of hydrogen-bond acceptors (Lipinski definition) is 4. The summed E-state index contributed by atoms with van der Waals surface area (Å²) in [5, 5.41) is 0. The highest BCUT2D eigenvalue weighted by Crippen LogP contribution is 2.38. The summed E-state index contributed by atoms with van der Waals surface area (Å²) in [7, 11) is 1.57. The van der Waals surface area contributed by atoms with Crippen molar-refractivity contribution in [3.8, 4) is 11.5 Å². The summed E-state index contributed by atoms with van der Waals surface area (Å²) in [6, 6.07) is 30.7. The molecule has 0 N–H and O–H groups in total. The molecule has 0 aromatic heterocycles. The Labute approximate surface area is 210 Å². The Morgan fingerprint density at radius 2 is 1.39 bits per heavy atom. The lowest BCUT2D eigenvalue weighted by molar-refractivity contribution is -0.136. The molecule has 0 atom stereocenters. The maximum atomic E-state index is 13.8. The summed E-state index contributed by atoms with van der Waals surface area (Å²) in [6.07, 6.45) is 0. The summed E-state index contributed by atoms with van der Waals surface area (Å²) in [6.45, 7) is 2.37. The number of methoxy groups -OCH3 is 1. The van der Waals surface area contributed by atoms with Gasteiger partial charge in [-0.05, 0) is 53.4 Å². The Morgan fingerprint density at radius 3 is 2.03 bits per heavy atom. The van der Waals surface area contributed by atoms with Gasteiger partial charge in [0.05, 0.1) is 19.3 Å². The molecule has 0 bridgehead atoms. The van der Waals surface area contributed by atoms with Crippen LogP contribution in [0.15, 0.2) is 103 Å². The summed E-state index contributed by atoms with van der Waals surface area (Å²) < 4.78 is 30.9. The Kier molecular flexibility index (Phi) is 8.14. The van der Waals surface area contributed by atoms with E-state index in [2.05, 4.69) is 0 Å². The second kappa shape index (κ2) is 11.8. The lowest BCUT2D eigenvalue weighted by atomic mass is 9.89. The molecule has 0 saturated carbocycles. The molecule has 4 aromatic carbocycles. The van der Waals surface area contributed by atoms with Crippen LogP contribution in [0.25, 0.3) is 11.1 Å². The Balaban J connectivity index is 1.86. The highest BCUT2D eigenvalue weighted by atomic mass is 19.1. The topological polar surface area (TPSA) is 44.8 Å². The fourth-order valence-corrected chi connectivity index (χ4v) is 3.92. The summed E-state index contributed by atoms with van der Waals surface area (Å²) >= 11 is 0. The average Bonchev–Trinajstić information content (AvgIpc) is 2.92. The Morgan fingerprint density at radius 1 is 0.750 bits per heavy atom. The molecule has 5 heteroatoms. The molecule has 0 heterocycles. The highest BCUT2D eigenvalue weighted by Gasteiger charge is 2.23. The van der Waals surface area contributed by atoms with Crippen LogP contribution in [0.3, 0.4) is 0 Å². The normalized spacial score (nSPS) is 11.4. The van der Waals surface area contributed by atoms with E-state index >= 15 is 0 Å². The van der Waals surface area contributed by atoms with Crippen molar-refractivity contribution >= 4 is 17.1 Å². The monoisotopic (exact) mass is 482 g/mol. The Hall–Kier alpha value is -4.38. The van der Waals surface area contributed by atoms with Gasteiger partial charge in [-0.25, -0.2) is 9.18 Å². The molecule has 36 heavy (non-hydrogen) atoms. The van der Waals surface area contributed by atoms with E-state index in [1.165, 1.54) is 12.1 Å². The number of hydrogen-bond donors (Lipinski definition) is 0. The summed E-state index contributed by atoms with van der Waals surface area (Å²) in [5.41, 5.74) is 4.08. The predicted octanol–water partition coefficient (Wildman–Crippen LogP) is 6.94.